The molecule has 1 saturated heterocycles. The van der Waals surface area contributed by atoms with E-state index in [9.17, 15) is 14.3 Å². The summed E-state index contributed by atoms with van der Waals surface area (Å²) in [6, 6.07) is 8.15. The first-order valence-corrected chi connectivity index (χ1v) is 12.3. The Labute approximate surface area is 213 Å². The number of aryl methyl sites for hydroxylation is 2. The van der Waals surface area contributed by atoms with Gasteiger partial charge in [-0.05, 0) is 57.4 Å². The number of carboxylic acid groups (broad SMARTS) is 1. The lowest BCUT2D eigenvalue weighted by Crippen LogP contribution is -2.50. The van der Waals surface area contributed by atoms with Crippen molar-refractivity contribution < 1.29 is 18.7 Å². The van der Waals surface area contributed by atoms with Gasteiger partial charge in [0, 0.05) is 36.3 Å². The van der Waals surface area contributed by atoms with Crippen molar-refractivity contribution in [3.63, 3.8) is 0 Å². The van der Waals surface area contributed by atoms with Gasteiger partial charge in [-0.25, -0.2) is 13.8 Å². The van der Waals surface area contributed by atoms with Crippen LogP contribution in [0.15, 0.2) is 30.3 Å². The Bertz CT molecular complexity index is 1270. The number of carboxylic acids is 1. The van der Waals surface area contributed by atoms with Gasteiger partial charge in [0.25, 0.3) is 0 Å². The number of H-pyrrole nitrogens is 1. The quantitative estimate of drug-likeness (QED) is 0.350. The van der Waals surface area contributed by atoms with Crippen LogP contribution < -0.4 is 5.32 Å². The van der Waals surface area contributed by atoms with E-state index in [4.69, 9.17) is 11.6 Å². The van der Waals surface area contributed by atoms with E-state index in [2.05, 4.69) is 25.4 Å². The molecule has 3 aromatic rings. The molecule has 192 valence electrons. The average molecular weight is 518 g/mol. The number of nitrogens with one attached hydrogen (secondary N) is 2. The van der Waals surface area contributed by atoms with Crippen LogP contribution in [0.2, 0.25) is 5.02 Å². The van der Waals surface area contributed by atoms with Gasteiger partial charge in [-0.1, -0.05) is 30.7 Å². The number of anilines is 2. The third-order valence-corrected chi connectivity index (χ3v) is 7.32. The average Bonchev–Trinajstić information content (AvgIpc) is 3.25. The smallest absolute Gasteiger partial charge is 0.310 e. The number of nitrogens with zero attached hydrogens (tertiary/aromatic N) is 3. The largest absolute Gasteiger partial charge is 0.481 e. The Morgan fingerprint density at radius 3 is 2.72 bits per heavy atom. The van der Waals surface area contributed by atoms with Crippen molar-refractivity contribution in [3.8, 4) is 0 Å². The number of hydrogen-bond acceptors (Lipinski definition) is 5. The first kappa shape index (κ1) is 26.0. The Kier molecular flexibility index (Phi) is 7.61. The molecule has 10 heteroatoms. The topological polar surface area (TPSA) is 94.1 Å². The molecule has 1 fully saturated rings. The fourth-order valence-corrected chi connectivity index (χ4v) is 5.18. The molecule has 2 atom stereocenters. The predicted octanol–water partition coefficient (Wildman–Crippen LogP) is 5.78. The summed E-state index contributed by atoms with van der Waals surface area (Å²) >= 11 is 5.95. The molecule has 4 rings (SSSR count). The van der Waals surface area contributed by atoms with E-state index < -0.39 is 23.0 Å². The maximum Gasteiger partial charge on any atom is 0.310 e. The standard InChI is InChI=1S/C26H30ClF2N5O2/c1-4-18-12-26(25(35)36,8-9-34(18)14-17-6-5-7-19(27)24(17)29)13-20-23(28)15(2)10-21(30-20)31-22-11-16(3)32-33-22/h5-7,10-11,18H,4,8-9,12-14H2,1-3H3,(H,35,36)(H2,30,31,32,33)/t18-,26-/m1/s1. The van der Waals surface area contributed by atoms with E-state index >= 15 is 4.39 Å². The van der Waals surface area contributed by atoms with Gasteiger partial charge in [0.2, 0.25) is 0 Å². The van der Waals surface area contributed by atoms with Gasteiger partial charge in [-0.15, -0.1) is 0 Å². The molecule has 3 N–H and O–H groups in total. The molecular formula is C26H30ClF2N5O2. The number of aliphatic carboxylic acids is 1. The zero-order valence-corrected chi connectivity index (χ0v) is 21.3. The van der Waals surface area contributed by atoms with E-state index in [0.717, 1.165) is 5.69 Å². The van der Waals surface area contributed by atoms with Crippen molar-refractivity contribution in [2.24, 2.45) is 5.41 Å². The Morgan fingerprint density at radius 2 is 2.06 bits per heavy atom. The molecule has 3 heterocycles. The summed E-state index contributed by atoms with van der Waals surface area (Å²) in [7, 11) is 0. The molecule has 1 aromatic carbocycles. The highest BCUT2D eigenvalue weighted by Gasteiger charge is 2.46. The molecule has 0 spiro atoms. The van der Waals surface area contributed by atoms with Crippen LogP contribution in [0.3, 0.4) is 0 Å². The molecule has 0 radical (unpaired) electrons. The number of aromatic nitrogens is 3. The number of aromatic amines is 1. The molecule has 1 aliphatic rings. The summed E-state index contributed by atoms with van der Waals surface area (Å²) in [4.78, 5) is 19.1. The Balaban J connectivity index is 1.58. The van der Waals surface area contributed by atoms with Gasteiger partial charge in [0.05, 0.1) is 16.1 Å². The highest BCUT2D eigenvalue weighted by atomic mass is 35.5. The van der Waals surface area contributed by atoms with Crippen LogP contribution >= 0.6 is 11.6 Å². The first-order chi connectivity index (χ1) is 17.1. The van der Waals surface area contributed by atoms with Crippen LogP contribution in [0.25, 0.3) is 0 Å². The molecule has 2 aromatic heterocycles. The van der Waals surface area contributed by atoms with E-state index in [0.29, 0.717) is 48.7 Å². The SMILES string of the molecule is CC[C@@H]1C[C@](Cc2nc(Nc3cc(C)[nH]n3)cc(C)c2F)(C(=O)O)CCN1Cc1cccc(Cl)c1F. The number of benzene rings is 1. The lowest BCUT2D eigenvalue weighted by molar-refractivity contribution is -0.154. The minimum Gasteiger partial charge on any atom is -0.481 e. The third-order valence-electron chi connectivity index (χ3n) is 7.03. The number of rotatable bonds is 8. The van der Waals surface area contributed by atoms with E-state index in [1.807, 2.05) is 13.8 Å². The molecule has 0 bridgehead atoms. The lowest BCUT2D eigenvalue weighted by atomic mass is 9.71. The van der Waals surface area contributed by atoms with Gasteiger partial charge in [0.15, 0.2) is 5.82 Å². The molecule has 0 amide bonds. The molecule has 7 nitrogen and oxygen atoms in total. The molecule has 1 aliphatic heterocycles. The van der Waals surface area contributed by atoms with Gasteiger partial charge >= 0.3 is 5.97 Å². The molecule has 0 saturated carbocycles. The van der Waals surface area contributed by atoms with Crippen LogP contribution in [0.5, 0.6) is 0 Å². The zero-order valence-electron chi connectivity index (χ0n) is 20.5. The summed E-state index contributed by atoms with van der Waals surface area (Å²) in [6.07, 6.45) is 1.22. The van der Waals surface area contributed by atoms with Crippen LogP contribution in [-0.2, 0) is 17.8 Å². The van der Waals surface area contributed by atoms with E-state index in [1.165, 1.54) is 6.07 Å². The number of hydrogen-bond donors (Lipinski definition) is 3. The van der Waals surface area contributed by atoms with Crippen molar-refractivity contribution >= 4 is 29.2 Å². The molecular weight excluding hydrogens is 488 g/mol. The van der Waals surface area contributed by atoms with Crippen molar-refractivity contribution in [1.29, 1.82) is 0 Å². The monoisotopic (exact) mass is 517 g/mol. The summed E-state index contributed by atoms with van der Waals surface area (Å²) in [5.41, 5.74) is 0.620. The fraction of sp³-hybridized carbons (Fsp3) is 0.423. The fourth-order valence-electron chi connectivity index (χ4n) is 4.99. The maximum absolute atomic E-state index is 15.2. The van der Waals surface area contributed by atoms with E-state index in [-0.39, 0.29) is 29.6 Å². The zero-order chi connectivity index (χ0) is 26.0. The summed E-state index contributed by atoms with van der Waals surface area (Å²) < 4.78 is 29.7. The van der Waals surface area contributed by atoms with Gasteiger partial charge < -0.3 is 10.4 Å². The first-order valence-electron chi connectivity index (χ1n) is 12.0. The molecule has 36 heavy (non-hydrogen) atoms. The second-order valence-electron chi connectivity index (χ2n) is 9.61. The van der Waals surface area contributed by atoms with Crippen molar-refractivity contribution in [1.82, 2.24) is 20.1 Å². The summed E-state index contributed by atoms with van der Waals surface area (Å²) in [5.74, 6) is -0.998. The third kappa shape index (κ3) is 5.37. The number of piperidine rings is 1. The minimum atomic E-state index is -1.19. The van der Waals surface area contributed by atoms with E-state index in [1.54, 1.807) is 31.2 Å². The Morgan fingerprint density at radius 1 is 1.28 bits per heavy atom. The minimum absolute atomic E-state index is 0.0417. The molecule has 0 aliphatic carbocycles. The number of likely N-dealkylation sites (tertiary alicyclic amines) is 1. The number of halogens is 3. The second-order valence-corrected chi connectivity index (χ2v) is 10.0. The summed E-state index contributed by atoms with van der Waals surface area (Å²) in [5, 5.41) is 20.4. The maximum atomic E-state index is 15.2. The second kappa shape index (κ2) is 10.5. The van der Waals surface area contributed by atoms with Crippen LogP contribution in [0.4, 0.5) is 20.4 Å². The van der Waals surface area contributed by atoms with Crippen molar-refractivity contribution in [2.45, 2.75) is 59.0 Å². The van der Waals surface area contributed by atoms with Gasteiger partial charge in [-0.2, -0.15) is 5.10 Å². The lowest BCUT2D eigenvalue weighted by Gasteiger charge is -2.44. The van der Waals surface area contributed by atoms with Crippen molar-refractivity contribution in [2.75, 3.05) is 11.9 Å². The normalized spacial score (nSPS) is 20.4. The Hall–Kier alpha value is -3.04. The highest BCUT2D eigenvalue weighted by molar-refractivity contribution is 6.30. The predicted molar refractivity (Wildman–Crippen MR) is 134 cm³/mol. The van der Waals surface area contributed by atoms with Gasteiger partial charge in [0.1, 0.15) is 17.5 Å². The number of pyridine rings is 1. The highest BCUT2D eigenvalue weighted by Crippen LogP contribution is 2.41. The van der Waals surface area contributed by atoms with Crippen LogP contribution in [0, 0.1) is 30.9 Å². The van der Waals surface area contributed by atoms with Crippen LogP contribution in [-0.4, -0.2) is 43.7 Å². The van der Waals surface area contributed by atoms with Crippen molar-refractivity contribution in [3.05, 3.63) is 69.5 Å². The van der Waals surface area contributed by atoms with Crippen LogP contribution in [0.1, 0.15) is 48.7 Å². The summed E-state index contributed by atoms with van der Waals surface area (Å²) in [6.45, 7) is 6.23. The van der Waals surface area contributed by atoms with Gasteiger partial charge in [-0.3, -0.25) is 14.8 Å². The molecule has 0 unspecified atom stereocenters. The number of carbonyl (C=O) groups is 1.